The van der Waals surface area contributed by atoms with Crippen molar-refractivity contribution in [3.8, 4) is 5.75 Å². The van der Waals surface area contributed by atoms with Gasteiger partial charge in [-0.1, -0.05) is 41.4 Å². The third-order valence-electron chi connectivity index (χ3n) is 4.52. The molecule has 0 fully saturated rings. The molecular weight excluding hydrogens is 503 g/mol. The fraction of sp³-hybridized carbons (Fsp3) is 0.130. The van der Waals surface area contributed by atoms with Gasteiger partial charge in [-0.25, -0.2) is 0 Å². The monoisotopic (exact) mass is 520 g/mol. The molecule has 2 N–H and O–H groups in total. The van der Waals surface area contributed by atoms with Crippen LogP contribution in [0.3, 0.4) is 0 Å². The van der Waals surface area contributed by atoms with Crippen molar-refractivity contribution in [2.45, 2.75) is 13.8 Å². The predicted molar refractivity (Wildman–Crippen MR) is 129 cm³/mol. The molecule has 0 aromatic heterocycles. The number of carbonyl (C=O) groups excluding carboxylic acids is 2. The second-order valence-corrected chi connectivity index (χ2v) is 8.53. The van der Waals surface area contributed by atoms with Crippen LogP contribution in [0.25, 0.3) is 0 Å². The number of aryl methyl sites for hydroxylation is 2. The number of hydrogen-bond donors (Lipinski definition) is 2. The molecule has 2 amide bonds. The smallest absolute Gasteiger partial charge is 0.262 e. The molecule has 3 aromatic carbocycles. The Kier molecular flexibility index (Phi) is 7.59. The van der Waals surface area contributed by atoms with Gasteiger partial charge in [-0.05, 0) is 77.3 Å². The van der Waals surface area contributed by atoms with Crippen LogP contribution >= 0.6 is 39.1 Å². The Labute approximate surface area is 198 Å². The van der Waals surface area contributed by atoms with Crippen LogP contribution in [0.4, 0.5) is 11.4 Å². The number of anilines is 2. The van der Waals surface area contributed by atoms with E-state index < -0.39 is 5.91 Å². The minimum absolute atomic E-state index is 0.278. The molecule has 0 aliphatic carbocycles. The molecule has 0 spiro atoms. The molecule has 0 heterocycles. The summed E-state index contributed by atoms with van der Waals surface area (Å²) in [6.07, 6.45) is 0. The van der Waals surface area contributed by atoms with Crippen LogP contribution < -0.4 is 15.4 Å². The summed E-state index contributed by atoms with van der Waals surface area (Å²) < 4.78 is 6.06. The van der Waals surface area contributed by atoms with Crippen LogP contribution in [0.1, 0.15) is 21.5 Å². The summed E-state index contributed by atoms with van der Waals surface area (Å²) in [5.41, 5.74) is 3.60. The maximum absolute atomic E-state index is 12.8. The summed E-state index contributed by atoms with van der Waals surface area (Å²) in [6, 6.07) is 15.6. The summed E-state index contributed by atoms with van der Waals surface area (Å²) in [5.74, 6) is -0.463. The first-order chi connectivity index (χ1) is 14.7. The molecule has 3 rings (SSSR count). The van der Waals surface area contributed by atoms with Gasteiger partial charge in [0, 0.05) is 10.7 Å². The normalized spacial score (nSPS) is 10.5. The number of hydrogen-bond acceptors (Lipinski definition) is 3. The zero-order valence-electron chi connectivity index (χ0n) is 16.8. The molecule has 0 unspecified atom stereocenters. The van der Waals surface area contributed by atoms with E-state index in [0.29, 0.717) is 32.2 Å². The van der Waals surface area contributed by atoms with Crippen molar-refractivity contribution >= 4 is 62.3 Å². The van der Waals surface area contributed by atoms with E-state index in [9.17, 15) is 9.59 Å². The van der Waals surface area contributed by atoms with Crippen LogP contribution in [0.5, 0.6) is 5.75 Å². The highest BCUT2D eigenvalue weighted by molar-refractivity contribution is 9.10. The Morgan fingerprint density at radius 3 is 2.42 bits per heavy atom. The standard InChI is InChI=1S/C23H19BrCl2N2O3/c1-13-7-8-16(9-14(13)2)27-23(30)17-5-3-4-6-20(17)28-21(29)12-31-22-18(24)10-15(25)11-19(22)26/h3-11H,12H2,1-2H3,(H,27,30)(H,28,29). The van der Waals surface area contributed by atoms with Gasteiger partial charge in [0.05, 0.1) is 20.7 Å². The minimum Gasteiger partial charge on any atom is -0.481 e. The Morgan fingerprint density at radius 2 is 1.71 bits per heavy atom. The number of nitrogens with one attached hydrogen (secondary N) is 2. The second-order valence-electron chi connectivity index (χ2n) is 6.83. The number of para-hydroxylation sites is 1. The topological polar surface area (TPSA) is 67.4 Å². The molecule has 31 heavy (non-hydrogen) atoms. The van der Waals surface area contributed by atoms with Gasteiger partial charge in [0.15, 0.2) is 12.4 Å². The molecule has 0 radical (unpaired) electrons. The van der Waals surface area contributed by atoms with Crippen molar-refractivity contribution in [3.05, 3.63) is 85.8 Å². The van der Waals surface area contributed by atoms with Crippen LogP contribution in [0.15, 0.2) is 59.1 Å². The first-order valence-corrected chi connectivity index (χ1v) is 10.8. The molecule has 0 aliphatic heterocycles. The van der Waals surface area contributed by atoms with Crippen LogP contribution in [-0.4, -0.2) is 18.4 Å². The van der Waals surface area contributed by atoms with Crippen molar-refractivity contribution in [1.82, 2.24) is 0 Å². The molecule has 3 aromatic rings. The second kappa shape index (κ2) is 10.2. The first-order valence-electron chi connectivity index (χ1n) is 9.29. The quantitative estimate of drug-likeness (QED) is 0.382. The predicted octanol–water partition coefficient (Wildman–Crippen LogP) is 6.64. The highest BCUT2D eigenvalue weighted by atomic mass is 79.9. The lowest BCUT2D eigenvalue weighted by Crippen LogP contribution is -2.23. The van der Waals surface area contributed by atoms with Crippen molar-refractivity contribution in [2.75, 3.05) is 17.2 Å². The molecule has 0 bridgehead atoms. The molecule has 8 heteroatoms. The Morgan fingerprint density at radius 1 is 0.968 bits per heavy atom. The Balaban J connectivity index is 1.69. The number of halogens is 3. The fourth-order valence-corrected chi connectivity index (χ4v) is 4.17. The maximum Gasteiger partial charge on any atom is 0.262 e. The average molecular weight is 522 g/mol. The molecule has 0 atom stereocenters. The lowest BCUT2D eigenvalue weighted by atomic mass is 10.1. The zero-order valence-corrected chi connectivity index (χ0v) is 19.9. The van der Waals surface area contributed by atoms with Crippen LogP contribution in [0.2, 0.25) is 10.0 Å². The summed E-state index contributed by atoms with van der Waals surface area (Å²) in [5, 5.41) is 6.29. The number of amides is 2. The lowest BCUT2D eigenvalue weighted by Gasteiger charge is -2.13. The summed E-state index contributed by atoms with van der Waals surface area (Å²) in [4.78, 5) is 25.2. The number of rotatable bonds is 6. The van der Waals surface area contributed by atoms with Crippen molar-refractivity contribution in [1.29, 1.82) is 0 Å². The van der Waals surface area contributed by atoms with E-state index >= 15 is 0 Å². The van der Waals surface area contributed by atoms with E-state index in [1.165, 1.54) is 6.07 Å². The van der Waals surface area contributed by atoms with Crippen molar-refractivity contribution in [3.63, 3.8) is 0 Å². The average Bonchev–Trinajstić information content (AvgIpc) is 2.70. The van der Waals surface area contributed by atoms with Gasteiger partial charge in [0.1, 0.15) is 0 Å². The highest BCUT2D eigenvalue weighted by Gasteiger charge is 2.15. The third kappa shape index (κ3) is 6.00. The van der Waals surface area contributed by atoms with Gasteiger partial charge in [0.2, 0.25) is 0 Å². The molecule has 0 aliphatic rings. The molecule has 5 nitrogen and oxygen atoms in total. The highest BCUT2D eigenvalue weighted by Crippen LogP contribution is 2.36. The first kappa shape index (κ1) is 23.1. The van der Waals surface area contributed by atoms with Crippen molar-refractivity contribution in [2.24, 2.45) is 0 Å². The largest absolute Gasteiger partial charge is 0.481 e. The molecule has 160 valence electrons. The van der Waals surface area contributed by atoms with E-state index in [0.717, 1.165) is 11.1 Å². The number of benzene rings is 3. The molecule has 0 saturated heterocycles. The fourth-order valence-electron chi connectivity index (χ4n) is 2.80. The summed E-state index contributed by atoms with van der Waals surface area (Å²) in [6.45, 7) is 3.68. The Hall–Kier alpha value is -2.54. The van der Waals surface area contributed by atoms with Gasteiger partial charge in [0.25, 0.3) is 11.8 Å². The van der Waals surface area contributed by atoms with Gasteiger partial charge >= 0.3 is 0 Å². The van der Waals surface area contributed by atoms with E-state index in [4.69, 9.17) is 27.9 Å². The van der Waals surface area contributed by atoms with Crippen LogP contribution in [0, 0.1) is 13.8 Å². The SMILES string of the molecule is Cc1ccc(NC(=O)c2ccccc2NC(=O)COc2c(Cl)cc(Cl)cc2Br)cc1C. The number of ether oxygens (including phenoxy) is 1. The summed E-state index contributed by atoms with van der Waals surface area (Å²) in [7, 11) is 0. The van der Waals surface area contributed by atoms with E-state index in [1.54, 1.807) is 30.3 Å². The molecule has 0 saturated carbocycles. The van der Waals surface area contributed by atoms with E-state index in [1.807, 2.05) is 32.0 Å². The third-order valence-corrected chi connectivity index (χ3v) is 5.61. The van der Waals surface area contributed by atoms with Crippen molar-refractivity contribution < 1.29 is 14.3 Å². The van der Waals surface area contributed by atoms with Gasteiger partial charge < -0.3 is 15.4 Å². The van der Waals surface area contributed by atoms with Gasteiger partial charge in [-0.15, -0.1) is 0 Å². The molecular formula is C23H19BrCl2N2O3. The van der Waals surface area contributed by atoms with Gasteiger partial charge in [-0.2, -0.15) is 0 Å². The zero-order chi connectivity index (χ0) is 22.5. The Bertz CT molecular complexity index is 1130. The van der Waals surface area contributed by atoms with E-state index in [-0.39, 0.29) is 17.5 Å². The summed E-state index contributed by atoms with van der Waals surface area (Å²) >= 11 is 15.4. The lowest BCUT2D eigenvalue weighted by molar-refractivity contribution is -0.118. The minimum atomic E-state index is -0.440. The maximum atomic E-state index is 12.8. The van der Waals surface area contributed by atoms with Gasteiger partial charge in [-0.3, -0.25) is 9.59 Å². The number of carbonyl (C=O) groups is 2. The van der Waals surface area contributed by atoms with E-state index in [2.05, 4.69) is 26.6 Å². The van der Waals surface area contributed by atoms with Crippen LogP contribution in [-0.2, 0) is 4.79 Å².